The molecule has 2 unspecified atom stereocenters. The Morgan fingerprint density at radius 3 is 2.13 bits per heavy atom. The minimum absolute atomic E-state index is 0.624. The summed E-state index contributed by atoms with van der Waals surface area (Å²) in [6.07, 6.45) is 5.19. The summed E-state index contributed by atoms with van der Waals surface area (Å²) in [6.45, 7) is 4.12. The highest BCUT2D eigenvalue weighted by molar-refractivity contribution is 5.01. The molecule has 0 aliphatic carbocycles. The molecule has 2 bridgehead atoms. The zero-order valence-electron chi connectivity index (χ0n) is 9.40. The van der Waals surface area contributed by atoms with Crippen LogP contribution >= 0.6 is 0 Å². The molecule has 0 aromatic carbocycles. The maximum absolute atomic E-state index is 4.15. The third kappa shape index (κ3) is 1.47. The van der Waals surface area contributed by atoms with Crippen molar-refractivity contribution in [2.24, 2.45) is 0 Å². The maximum atomic E-state index is 4.15. The zero-order chi connectivity index (χ0) is 10.4. The van der Waals surface area contributed by atoms with Gasteiger partial charge in [0.05, 0.1) is 0 Å². The topological polar surface area (TPSA) is 42.7 Å². The van der Waals surface area contributed by atoms with E-state index in [-0.39, 0.29) is 0 Å². The van der Waals surface area contributed by atoms with Crippen LogP contribution in [-0.2, 0) is 0 Å². The minimum Gasteiger partial charge on any atom is -0.312 e. The predicted octanol–water partition coefficient (Wildman–Crippen LogP) is 1.35. The summed E-state index contributed by atoms with van der Waals surface area (Å²) < 4.78 is 2.33. The van der Waals surface area contributed by atoms with Crippen molar-refractivity contribution in [1.82, 2.24) is 20.1 Å². The van der Waals surface area contributed by atoms with Crippen LogP contribution in [0.3, 0.4) is 0 Å². The van der Waals surface area contributed by atoms with E-state index >= 15 is 0 Å². The molecule has 2 aliphatic rings. The van der Waals surface area contributed by atoms with Crippen LogP contribution in [0.1, 0.15) is 43.4 Å². The summed E-state index contributed by atoms with van der Waals surface area (Å²) in [4.78, 5) is 0. The molecular formula is C11H18N4. The molecule has 1 N–H and O–H groups in total. The van der Waals surface area contributed by atoms with Crippen LogP contribution in [0.15, 0.2) is 0 Å². The van der Waals surface area contributed by atoms with Gasteiger partial charge in [0.25, 0.3) is 0 Å². The van der Waals surface area contributed by atoms with E-state index in [0.29, 0.717) is 6.04 Å². The van der Waals surface area contributed by atoms with Gasteiger partial charge in [-0.1, -0.05) is 0 Å². The Morgan fingerprint density at radius 1 is 1.07 bits per heavy atom. The Morgan fingerprint density at radius 2 is 1.60 bits per heavy atom. The van der Waals surface area contributed by atoms with Crippen LogP contribution in [0, 0.1) is 13.8 Å². The average Bonchev–Trinajstić information content (AvgIpc) is 2.71. The molecule has 2 fully saturated rings. The lowest BCUT2D eigenvalue weighted by Gasteiger charge is -2.30. The van der Waals surface area contributed by atoms with E-state index in [1.165, 1.54) is 25.7 Å². The first-order valence-corrected chi connectivity index (χ1v) is 5.88. The summed E-state index contributed by atoms with van der Waals surface area (Å²) in [6, 6.07) is 2.09. The fraction of sp³-hybridized carbons (Fsp3) is 0.818. The number of aryl methyl sites for hydroxylation is 2. The Hall–Kier alpha value is -0.900. The third-order valence-corrected chi connectivity index (χ3v) is 3.85. The first kappa shape index (κ1) is 9.33. The van der Waals surface area contributed by atoms with Crippen LogP contribution in [0.4, 0.5) is 0 Å². The summed E-state index contributed by atoms with van der Waals surface area (Å²) >= 11 is 0. The van der Waals surface area contributed by atoms with Crippen molar-refractivity contribution in [2.45, 2.75) is 57.7 Å². The van der Waals surface area contributed by atoms with E-state index in [4.69, 9.17) is 0 Å². The number of rotatable bonds is 1. The van der Waals surface area contributed by atoms with Crippen LogP contribution in [0.2, 0.25) is 0 Å². The number of nitrogens with zero attached hydrogens (tertiary/aromatic N) is 3. The van der Waals surface area contributed by atoms with Gasteiger partial charge in [-0.15, -0.1) is 10.2 Å². The van der Waals surface area contributed by atoms with Gasteiger partial charge in [-0.3, -0.25) is 0 Å². The minimum atomic E-state index is 0.624. The lowest BCUT2D eigenvalue weighted by Crippen LogP contribution is -2.39. The molecule has 15 heavy (non-hydrogen) atoms. The molecule has 2 atom stereocenters. The largest absolute Gasteiger partial charge is 0.312 e. The van der Waals surface area contributed by atoms with Gasteiger partial charge < -0.3 is 9.88 Å². The van der Waals surface area contributed by atoms with Crippen LogP contribution < -0.4 is 5.32 Å². The molecule has 1 aromatic heterocycles. The van der Waals surface area contributed by atoms with Gasteiger partial charge in [-0.05, 0) is 39.5 Å². The normalized spacial score (nSPS) is 34.7. The first-order valence-electron chi connectivity index (χ1n) is 5.88. The van der Waals surface area contributed by atoms with E-state index in [0.717, 1.165) is 23.7 Å². The van der Waals surface area contributed by atoms with E-state index < -0.39 is 0 Å². The molecular weight excluding hydrogens is 188 g/mol. The van der Waals surface area contributed by atoms with E-state index in [9.17, 15) is 0 Å². The van der Waals surface area contributed by atoms with Crippen molar-refractivity contribution in [3.63, 3.8) is 0 Å². The second-order valence-corrected chi connectivity index (χ2v) is 4.93. The molecule has 4 nitrogen and oxygen atoms in total. The van der Waals surface area contributed by atoms with Gasteiger partial charge in [-0.25, -0.2) is 0 Å². The number of fused-ring (bicyclic) bond motifs is 2. The highest BCUT2D eigenvalue weighted by Crippen LogP contribution is 2.34. The number of hydrogen-bond acceptors (Lipinski definition) is 3. The molecule has 82 valence electrons. The molecule has 4 heteroatoms. The number of hydrogen-bond donors (Lipinski definition) is 1. The molecule has 2 aliphatic heterocycles. The van der Waals surface area contributed by atoms with Gasteiger partial charge in [0.15, 0.2) is 0 Å². The molecule has 0 saturated carbocycles. The van der Waals surface area contributed by atoms with E-state index in [1.54, 1.807) is 0 Å². The fourth-order valence-electron chi connectivity index (χ4n) is 3.24. The van der Waals surface area contributed by atoms with Crippen molar-refractivity contribution in [2.75, 3.05) is 0 Å². The van der Waals surface area contributed by atoms with Crippen LogP contribution in [0.5, 0.6) is 0 Å². The second kappa shape index (κ2) is 3.30. The van der Waals surface area contributed by atoms with Crippen molar-refractivity contribution in [1.29, 1.82) is 0 Å². The Balaban J connectivity index is 1.89. The highest BCUT2D eigenvalue weighted by Gasteiger charge is 2.35. The van der Waals surface area contributed by atoms with Crippen molar-refractivity contribution in [3.05, 3.63) is 11.6 Å². The standard InChI is InChI=1S/C11H18N4/c1-7-13-14-8(2)15(7)11-5-9-3-4-10(6-11)12-9/h9-12H,3-6H2,1-2H3. The first-order chi connectivity index (χ1) is 7.24. The lowest BCUT2D eigenvalue weighted by atomic mass is 9.99. The molecule has 3 heterocycles. The summed E-state index contributed by atoms with van der Waals surface area (Å²) in [5.74, 6) is 2.14. The van der Waals surface area contributed by atoms with E-state index in [2.05, 4.69) is 33.9 Å². The second-order valence-electron chi connectivity index (χ2n) is 4.93. The fourth-order valence-corrected chi connectivity index (χ4v) is 3.24. The Kier molecular flexibility index (Phi) is 2.06. The zero-order valence-corrected chi connectivity index (χ0v) is 9.40. The van der Waals surface area contributed by atoms with Gasteiger partial charge in [0.1, 0.15) is 11.6 Å². The van der Waals surface area contributed by atoms with Gasteiger partial charge >= 0.3 is 0 Å². The SMILES string of the molecule is Cc1nnc(C)n1C1CC2CCC(C1)N2. The van der Waals surface area contributed by atoms with Crippen molar-refractivity contribution in [3.8, 4) is 0 Å². The van der Waals surface area contributed by atoms with Crippen molar-refractivity contribution < 1.29 is 0 Å². The maximum Gasteiger partial charge on any atom is 0.130 e. The summed E-state index contributed by atoms with van der Waals surface area (Å²) in [5.41, 5.74) is 0. The van der Waals surface area contributed by atoms with Crippen LogP contribution in [0.25, 0.3) is 0 Å². The quantitative estimate of drug-likeness (QED) is 0.754. The molecule has 3 rings (SSSR count). The predicted molar refractivity (Wildman–Crippen MR) is 57.7 cm³/mol. The monoisotopic (exact) mass is 206 g/mol. The molecule has 0 radical (unpaired) electrons. The highest BCUT2D eigenvalue weighted by atomic mass is 15.3. The smallest absolute Gasteiger partial charge is 0.130 e. The number of piperidine rings is 1. The summed E-state index contributed by atoms with van der Waals surface area (Å²) in [7, 11) is 0. The molecule has 2 saturated heterocycles. The Bertz CT molecular complexity index is 339. The van der Waals surface area contributed by atoms with Crippen molar-refractivity contribution >= 4 is 0 Å². The lowest BCUT2D eigenvalue weighted by molar-refractivity contribution is 0.292. The molecule has 0 amide bonds. The molecule has 1 aromatic rings. The average molecular weight is 206 g/mol. The number of aromatic nitrogens is 3. The van der Waals surface area contributed by atoms with E-state index in [1.807, 2.05) is 0 Å². The molecule has 0 spiro atoms. The number of nitrogens with one attached hydrogen (secondary N) is 1. The van der Waals surface area contributed by atoms with Gasteiger partial charge in [0, 0.05) is 18.1 Å². The third-order valence-electron chi connectivity index (χ3n) is 3.85. The Labute approximate surface area is 90.1 Å². The summed E-state index contributed by atoms with van der Waals surface area (Å²) in [5, 5.41) is 12.0. The van der Waals surface area contributed by atoms with Crippen LogP contribution in [-0.4, -0.2) is 26.8 Å². The van der Waals surface area contributed by atoms with Gasteiger partial charge in [-0.2, -0.15) is 0 Å². The van der Waals surface area contributed by atoms with Gasteiger partial charge in [0.2, 0.25) is 0 Å².